The number of hydrogen-bond donors (Lipinski definition) is 2. The second-order valence-corrected chi connectivity index (χ2v) is 5.23. The molecule has 1 rings (SSSR count). The van der Waals surface area contributed by atoms with Crippen LogP contribution >= 0.6 is 0 Å². The fraction of sp³-hybridized carbons (Fsp3) is 0.786. The first-order valence-electron chi connectivity index (χ1n) is 6.99. The molecule has 0 aromatic rings. The summed E-state index contributed by atoms with van der Waals surface area (Å²) in [4.78, 5) is 13.8. The summed E-state index contributed by atoms with van der Waals surface area (Å²) in [6, 6.07) is 0.0814. The Bertz CT molecular complexity index is 296. The molecule has 0 unspecified atom stereocenters. The van der Waals surface area contributed by atoms with Gasteiger partial charge in [0.2, 0.25) is 0 Å². The fourth-order valence-corrected chi connectivity index (χ4v) is 2.25. The van der Waals surface area contributed by atoms with Crippen LogP contribution in [0.15, 0.2) is 12.7 Å². The Morgan fingerprint density at radius 1 is 1.63 bits per heavy atom. The number of aliphatic hydroxyl groups is 1. The Morgan fingerprint density at radius 2 is 2.37 bits per heavy atom. The molecule has 0 bridgehead atoms. The third-order valence-electron chi connectivity index (χ3n) is 3.23. The molecule has 0 spiro atoms. The molecule has 0 radical (unpaired) electrons. The van der Waals surface area contributed by atoms with Crippen molar-refractivity contribution in [1.82, 2.24) is 10.2 Å². The van der Waals surface area contributed by atoms with E-state index in [2.05, 4.69) is 11.9 Å². The summed E-state index contributed by atoms with van der Waals surface area (Å²) in [6.07, 6.45) is 4.54. The lowest BCUT2D eigenvalue weighted by molar-refractivity contribution is -0.0835. The molecule has 3 atom stereocenters. The summed E-state index contributed by atoms with van der Waals surface area (Å²) in [6.45, 7) is 8.57. The van der Waals surface area contributed by atoms with Crippen LogP contribution in [0.4, 0.5) is 4.79 Å². The van der Waals surface area contributed by atoms with Crippen LogP contribution in [-0.4, -0.2) is 54.0 Å². The zero-order valence-electron chi connectivity index (χ0n) is 12.0. The molecule has 0 aliphatic carbocycles. The first kappa shape index (κ1) is 16.0. The number of hydrogen-bond acceptors (Lipinski definition) is 3. The Labute approximate surface area is 115 Å². The Balaban J connectivity index is 2.37. The van der Waals surface area contributed by atoms with Crippen molar-refractivity contribution in [2.45, 2.75) is 51.4 Å². The lowest BCUT2D eigenvalue weighted by Gasteiger charge is -2.36. The van der Waals surface area contributed by atoms with E-state index in [9.17, 15) is 4.79 Å². The number of nitrogens with one attached hydrogen (secondary N) is 1. The minimum atomic E-state index is -0.273. The minimum absolute atomic E-state index is 0.0345. The van der Waals surface area contributed by atoms with E-state index in [-0.39, 0.29) is 30.9 Å². The number of unbranched alkanes of at least 4 members (excludes halogenated alkanes) is 1. The smallest absolute Gasteiger partial charge is 0.317 e. The maximum Gasteiger partial charge on any atom is 0.317 e. The molecule has 1 saturated heterocycles. The van der Waals surface area contributed by atoms with E-state index in [1.54, 1.807) is 4.90 Å². The van der Waals surface area contributed by atoms with Gasteiger partial charge < -0.3 is 20.1 Å². The molecule has 2 amide bonds. The molecule has 5 heteroatoms. The molecule has 1 aliphatic heterocycles. The molecular formula is C14H26N2O3. The molecule has 5 nitrogen and oxygen atoms in total. The van der Waals surface area contributed by atoms with E-state index >= 15 is 0 Å². The highest BCUT2D eigenvalue weighted by molar-refractivity contribution is 5.74. The van der Waals surface area contributed by atoms with Gasteiger partial charge in [0.25, 0.3) is 0 Å². The Morgan fingerprint density at radius 3 is 3.00 bits per heavy atom. The zero-order chi connectivity index (χ0) is 14.3. The van der Waals surface area contributed by atoms with Crippen molar-refractivity contribution >= 4 is 6.03 Å². The maximum atomic E-state index is 12.1. The molecule has 110 valence electrons. The number of allylic oxidation sites excluding steroid dienone is 1. The molecule has 1 fully saturated rings. The number of aliphatic hydroxyl groups excluding tert-OH is 1. The fourth-order valence-electron chi connectivity index (χ4n) is 2.25. The monoisotopic (exact) mass is 270 g/mol. The molecule has 0 aromatic carbocycles. The first-order chi connectivity index (χ1) is 9.06. The van der Waals surface area contributed by atoms with Crippen molar-refractivity contribution in [2.75, 3.05) is 19.7 Å². The number of amides is 2. The van der Waals surface area contributed by atoms with Crippen LogP contribution in [0.3, 0.4) is 0 Å². The van der Waals surface area contributed by atoms with E-state index < -0.39 is 0 Å². The van der Waals surface area contributed by atoms with Crippen LogP contribution in [0.1, 0.15) is 33.1 Å². The highest BCUT2D eigenvalue weighted by atomic mass is 16.5. The number of ether oxygens (including phenoxy) is 1. The summed E-state index contributed by atoms with van der Waals surface area (Å²) in [7, 11) is 0. The van der Waals surface area contributed by atoms with Gasteiger partial charge >= 0.3 is 6.03 Å². The van der Waals surface area contributed by atoms with Crippen molar-refractivity contribution in [1.29, 1.82) is 0 Å². The highest BCUT2D eigenvalue weighted by Crippen LogP contribution is 2.11. The molecular weight excluding hydrogens is 244 g/mol. The van der Waals surface area contributed by atoms with Gasteiger partial charge in [-0.2, -0.15) is 0 Å². The average Bonchev–Trinajstić information content (AvgIpc) is 2.38. The number of carbonyl (C=O) groups is 1. The van der Waals surface area contributed by atoms with Crippen molar-refractivity contribution in [3.63, 3.8) is 0 Å². The van der Waals surface area contributed by atoms with Gasteiger partial charge in [0.05, 0.1) is 25.4 Å². The average molecular weight is 270 g/mol. The van der Waals surface area contributed by atoms with Gasteiger partial charge in [-0.25, -0.2) is 4.79 Å². The predicted molar refractivity (Wildman–Crippen MR) is 75.0 cm³/mol. The quantitative estimate of drug-likeness (QED) is 0.568. The Kier molecular flexibility index (Phi) is 6.87. The summed E-state index contributed by atoms with van der Waals surface area (Å²) in [5.41, 5.74) is 0. The topological polar surface area (TPSA) is 61.8 Å². The summed E-state index contributed by atoms with van der Waals surface area (Å²) in [5, 5.41) is 12.1. The summed E-state index contributed by atoms with van der Waals surface area (Å²) in [5.74, 6) is 0. The molecule has 0 saturated carbocycles. The molecule has 1 heterocycles. The third-order valence-corrected chi connectivity index (χ3v) is 3.23. The largest absolute Gasteiger partial charge is 0.394 e. The van der Waals surface area contributed by atoms with Crippen LogP contribution in [0.5, 0.6) is 0 Å². The lowest BCUT2D eigenvalue weighted by Crippen LogP contribution is -2.54. The van der Waals surface area contributed by atoms with Crippen LogP contribution in [0.25, 0.3) is 0 Å². The summed E-state index contributed by atoms with van der Waals surface area (Å²) < 4.78 is 5.52. The van der Waals surface area contributed by atoms with Gasteiger partial charge in [0.15, 0.2) is 0 Å². The number of carbonyl (C=O) groups excluding carboxylic acids is 1. The SMILES string of the molecule is C=CCCC[C@H](C)NC(=O)N1C[C@H](CO)O[C@@H](C)C1. The highest BCUT2D eigenvalue weighted by Gasteiger charge is 2.28. The molecule has 2 N–H and O–H groups in total. The molecule has 0 aromatic heterocycles. The standard InChI is InChI=1S/C14H26N2O3/c1-4-5-6-7-11(2)15-14(18)16-8-12(3)19-13(9-16)10-17/h4,11-13,17H,1,5-10H2,2-3H3,(H,15,18)/t11-,12-,13+/m0/s1. The van der Waals surface area contributed by atoms with E-state index in [0.717, 1.165) is 19.3 Å². The van der Waals surface area contributed by atoms with Crippen LogP contribution in [-0.2, 0) is 4.74 Å². The molecule has 19 heavy (non-hydrogen) atoms. The normalized spacial score (nSPS) is 24.9. The number of morpholine rings is 1. The molecule has 1 aliphatic rings. The van der Waals surface area contributed by atoms with Crippen molar-refractivity contribution < 1.29 is 14.6 Å². The van der Waals surface area contributed by atoms with Gasteiger partial charge in [-0.05, 0) is 33.1 Å². The van der Waals surface area contributed by atoms with Crippen molar-refractivity contribution in [3.8, 4) is 0 Å². The number of urea groups is 1. The van der Waals surface area contributed by atoms with Crippen LogP contribution in [0.2, 0.25) is 0 Å². The van der Waals surface area contributed by atoms with E-state index in [4.69, 9.17) is 9.84 Å². The van der Waals surface area contributed by atoms with Gasteiger partial charge in [0.1, 0.15) is 0 Å². The van der Waals surface area contributed by atoms with Gasteiger partial charge in [0, 0.05) is 12.6 Å². The first-order valence-corrected chi connectivity index (χ1v) is 6.99. The van der Waals surface area contributed by atoms with Crippen molar-refractivity contribution in [2.24, 2.45) is 0 Å². The summed E-state index contributed by atoms with van der Waals surface area (Å²) >= 11 is 0. The van der Waals surface area contributed by atoms with E-state index in [1.165, 1.54) is 0 Å². The Hall–Kier alpha value is -1.07. The number of rotatable bonds is 6. The van der Waals surface area contributed by atoms with Gasteiger partial charge in [-0.15, -0.1) is 6.58 Å². The second-order valence-electron chi connectivity index (χ2n) is 5.23. The third kappa shape index (κ3) is 5.61. The van der Waals surface area contributed by atoms with Gasteiger partial charge in [-0.3, -0.25) is 0 Å². The van der Waals surface area contributed by atoms with Crippen molar-refractivity contribution in [3.05, 3.63) is 12.7 Å². The maximum absolute atomic E-state index is 12.1. The zero-order valence-corrected chi connectivity index (χ0v) is 12.0. The minimum Gasteiger partial charge on any atom is -0.394 e. The second kappa shape index (κ2) is 8.17. The lowest BCUT2D eigenvalue weighted by atomic mass is 10.1. The number of nitrogens with zero attached hydrogens (tertiary/aromatic N) is 1. The van der Waals surface area contributed by atoms with Gasteiger partial charge in [-0.1, -0.05) is 6.08 Å². The van der Waals surface area contributed by atoms with Crippen LogP contribution in [0, 0.1) is 0 Å². The predicted octanol–water partition coefficient (Wildman–Crippen LogP) is 1.52. The van der Waals surface area contributed by atoms with E-state index in [1.807, 2.05) is 19.9 Å². The van der Waals surface area contributed by atoms with E-state index in [0.29, 0.717) is 13.1 Å². The van der Waals surface area contributed by atoms with Crippen LogP contribution < -0.4 is 5.32 Å².